The maximum atomic E-state index is 12.8. The van der Waals surface area contributed by atoms with E-state index in [2.05, 4.69) is 53.2 Å². The minimum Gasteiger partial charge on any atom is -0.304 e. The van der Waals surface area contributed by atoms with Gasteiger partial charge in [-0.1, -0.05) is 36.4 Å². The lowest BCUT2D eigenvalue weighted by Crippen LogP contribution is -2.48. The minimum absolute atomic E-state index is 0.121. The quantitative estimate of drug-likeness (QED) is 0.537. The summed E-state index contributed by atoms with van der Waals surface area (Å²) in [5, 5.41) is 3.39. The van der Waals surface area contributed by atoms with Crippen molar-refractivity contribution < 1.29 is 4.79 Å². The van der Waals surface area contributed by atoms with E-state index in [1.54, 1.807) is 16.2 Å². The molecule has 0 unspecified atom stereocenters. The molecule has 1 amide bonds. The third kappa shape index (κ3) is 3.02. The summed E-state index contributed by atoms with van der Waals surface area (Å²) in [6, 6.07) is 12.9. The van der Waals surface area contributed by atoms with E-state index < -0.39 is 0 Å². The number of hydrogen-bond donors (Lipinski definition) is 0. The summed E-state index contributed by atoms with van der Waals surface area (Å²) in [4.78, 5) is 25.2. The van der Waals surface area contributed by atoms with Gasteiger partial charge >= 0.3 is 0 Å². The van der Waals surface area contributed by atoms with Crippen molar-refractivity contribution in [1.29, 1.82) is 0 Å². The number of likely N-dealkylation sites (N-methyl/N-ethyl adjacent to an activating group) is 2. The fraction of sp³-hybridized carbons (Fsp3) is 0.364. The van der Waals surface area contributed by atoms with E-state index in [1.807, 2.05) is 7.05 Å². The van der Waals surface area contributed by atoms with Crippen LogP contribution < -0.4 is 4.90 Å². The zero-order valence-corrected chi connectivity index (χ0v) is 17.1. The maximum absolute atomic E-state index is 12.8. The monoisotopic (exact) mass is 392 g/mol. The van der Waals surface area contributed by atoms with Gasteiger partial charge in [-0.2, -0.15) is 0 Å². The third-order valence-electron chi connectivity index (χ3n) is 5.93. The molecule has 1 aromatic heterocycles. The molecule has 0 N–H and O–H groups in total. The molecule has 0 saturated carbocycles. The first-order chi connectivity index (χ1) is 13.6. The molecule has 0 atom stereocenters. The molecular weight excluding hydrogens is 368 g/mol. The van der Waals surface area contributed by atoms with Crippen LogP contribution in [0.4, 0.5) is 5.13 Å². The van der Waals surface area contributed by atoms with Gasteiger partial charge in [-0.25, -0.2) is 4.98 Å². The van der Waals surface area contributed by atoms with Crippen LogP contribution in [0.2, 0.25) is 0 Å². The number of carbonyl (C=O) groups excluding carboxylic acids is 1. The van der Waals surface area contributed by atoms with E-state index >= 15 is 0 Å². The summed E-state index contributed by atoms with van der Waals surface area (Å²) in [7, 11) is 3.98. The van der Waals surface area contributed by atoms with Crippen LogP contribution in [0.25, 0.3) is 22.0 Å². The Morgan fingerprint density at radius 1 is 1.14 bits per heavy atom. The largest absolute Gasteiger partial charge is 0.304 e. The second-order valence-electron chi connectivity index (χ2n) is 7.79. The predicted octanol–water partition coefficient (Wildman–Crippen LogP) is 3.08. The van der Waals surface area contributed by atoms with E-state index in [0.29, 0.717) is 6.54 Å². The van der Waals surface area contributed by atoms with E-state index in [4.69, 9.17) is 4.98 Å². The van der Waals surface area contributed by atoms with Crippen molar-refractivity contribution >= 4 is 33.1 Å². The molecule has 5 rings (SSSR count). The average molecular weight is 393 g/mol. The van der Waals surface area contributed by atoms with Crippen LogP contribution in [-0.2, 0) is 11.2 Å². The van der Waals surface area contributed by atoms with Crippen LogP contribution in [0.15, 0.2) is 36.4 Å². The second kappa shape index (κ2) is 6.95. The highest BCUT2D eigenvalue weighted by atomic mass is 32.1. The van der Waals surface area contributed by atoms with Crippen LogP contribution in [-0.4, -0.2) is 67.5 Å². The molecule has 2 aromatic carbocycles. The first-order valence-corrected chi connectivity index (χ1v) is 10.6. The summed E-state index contributed by atoms with van der Waals surface area (Å²) in [5.41, 5.74) is 3.64. The van der Waals surface area contributed by atoms with Crippen molar-refractivity contribution in [3.05, 3.63) is 46.8 Å². The molecule has 6 heteroatoms. The normalized spacial score (nSPS) is 16.9. The first-order valence-electron chi connectivity index (χ1n) is 9.78. The van der Waals surface area contributed by atoms with Crippen LogP contribution in [0, 0.1) is 0 Å². The second-order valence-corrected chi connectivity index (χ2v) is 8.85. The molecule has 2 heterocycles. The summed E-state index contributed by atoms with van der Waals surface area (Å²) in [6.07, 6.45) is 0.907. The molecule has 1 saturated heterocycles. The fourth-order valence-electron chi connectivity index (χ4n) is 4.13. The van der Waals surface area contributed by atoms with Gasteiger partial charge in [0.1, 0.15) is 0 Å². The number of amides is 1. The average Bonchev–Trinajstić information content (AvgIpc) is 3.27. The zero-order chi connectivity index (χ0) is 19.3. The Hall–Kier alpha value is -2.28. The number of hydrogen-bond acceptors (Lipinski definition) is 5. The van der Waals surface area contributed by atoms with Gasteiger partial charge in [0.15, 0.2) is 5.13 Å². The van der Waals surface area contributed by atoms with E-state index in [0.717, 1.165) is 43.4 Å². The van der Waals surface area contributed by atoms with Gasteiger partial charge < -0.3 is 4.90 Å². The Morgan fingerprint density at radius 2 is 1.93 bits per heavy atom. The summed E-state index contributed by atoms with van der Waals surface area (Å²) >= 11 is 1.65. The van der Waals surface area contributed by atoms with Crippen molar-refractivity contribution in [1.82, 2.24) is 14.8 Å². The van der Waals surface area contributed by atoms with E-state index in [1.165, 1.54) is 26.8 Å². The molecule has 1 aliphatic heterocycles. The lowest BCUT2D eigenvalue weighted by molar-refractivity contribution is -0.119. The Morgan fingerprint density at radius 3 is 2.75 bits per heavy atom. The Labute approximate surface area is 169 Å². The van der Waals surface area contributed by atoms with Gasteiger partial charge in [-0.3, -0.25) is 14.6 Å². The Bertz CT molecular complexity index is 1050. The highest BCUT2D eigenvalue weighted by molar-refractivity contribution is 7.16. The molecule has 0 radical (unpaired) electrons. The number of rotatable bonds is 3. The van der Waals surface area contributed by atoms with Crippen LogP contribution in [0.3, 0.4) is 0 Å². The smallest absolute Gasteiger partial charge is 0.242 e. The maximum Gasteiger partial charge on any atom is 0.242 e. The van der Waals surface area contributed by atoms with Crippen molar-refractivity contribution in [3.8, 4) is 11.3 Å². The van der Waals surface area contributed by atoms with E-state index in [-0.39, 0.29) is 5.91 Å². The van der Waals surface area contributed by atoms with Crippen molar-refractivity contribution in [3.63, 3.8) is 0 Å². The number of thiazole rings is 1. The number of piperazine rings is 1. The molecule has 0 spiro atoms. The lowest BCUT2D eigenvalue weighted by atomic mass is 10.0. The molecule has 2 aliphatic rings. The highest BCUT2D eigenvalue weighted by Gasteiger charge is 2.28. The molecule has 5 nitrogen and oxygen atoms in total. The number of benzene rings is 2. The molecule has 0 bridgehead atoms. The number of anilines is 1. The molecule has 1 fully saturated rings. The first kappa shape index (κ1) is 17.8. The van der Waals surface area contributed by atoms with Gasteiger partial charge in [0, 0.05) is 50.1 Å². The van der Waals surface area contributed by atoms with Crippen LogP contribution in [0.1, 0.15) is 10.4 Å². The van der Waals surface area contributed by atoms with Gasteiger partial charge in [-0.05, 0) is 23.4 Å². The standard InChI is InChI=1S/C22H24N4OS/c1-24-9-11-26(12-10-24)14-20(27)25(2)22-23-21-17-8-7-15-5-3-4-6-16(15)18(17)13-19(21)28-22/h3-8H,9-14H2,1-2H3. The summed E-state index contributed by atoms with van der Waals surface area (Å²) < 4.78 is 0. The Balaban J connectivity index is 1.37. The lowest BCUT2D eigenvalue weighted by Gasteiger charge is -2.32. The topological polar surface area (TPSA) is 39.7 Å². The minimum atomic E-state index is 0.121. The number of nitrogens with zero attached hydrogens (tertiary/aromatic N) is 4. The van der Waals surface area contributed by atoms with Crippen molar-refractivity contribution in [2.24, 2.45) is 0 Å². The third-order valence-corrected chi connectivity index (χ3v) is 7.07. The van der Waals surface area contributed by atoms with Gasteiger partial charge in [0.05, 0.1) is 12.2 Å². The molecule has 1 aliphatic carbocycles. The zero-order valence-electron chi connectivity index (χ0n) is 16.3. The molecule has 28 heavy (non-hydrogen) atoms. The summed E-state index contributed by atoms with van der Waals surface area (Å²) in [5.74, 6) is 0.121. The molecule has 144 valence electrons. The number of aromatic nitrogens is 1. The van der Waals surface area contributed by atoms with Gasteiger partial charge in [-0.15, -0.1) is 11.3 Å². The van der Waals surface area contributed by atoms with Gasteiger partial charge in [0.25, 0.3) is 0 Å². The van der Waals surface area contributed by atoms with Crippen LogP contribution >= 0.6 is 11.3 Å². The van der Waals surface area contributed by atoms with Crippen LogP contribution in [0.5, 0.6) is 0 Å². The number of carbonyl (C=O) groups is 1. The van der Waals surface area contributed by atoms with Gasteiger partial charge in [0.2, 0.25) is 5.91 Å². The molecular formula is C22H24N4OS. The number of fused-ring (bicyclic) bond motifs is 5. The predicted molar refractivity (Wildman–Crippen MR) is 115 cm³/mol. The van der Waals surface area contributed by atoms with Crippen molar-refractivity contribution in [2.75, 3.05) is 51.7 Å². The molecule has 3 aromatic rings. The summed E-state index contributed by atoms with van der Waals surface area (Å²) in [6.45, 7) is 4.41. The SMILES string of the molecule is CN1CCN(CC(=O)N(C)c2nc3c(s2)Cc2c-3ccc3ccccc23)CC1. The van der Waals surface area contributed by atoms with E-state index in [9.17, 15) is 4.79 Å². The highest BCUT2D eigenvalue weighted by Crippen LogP contribution is 2.44. The Kier molecular flexibility index (Phi) is 4.42. The fourth-order valence-corrected chi connectivity index (χ4v) is 5.20. The van der Waals surface area contributed by atoms with Crippen molar-refractivity contribution in [2.45, 2.75) is 6.42 Å².